The van der Waals surface area contributed by atoms with Crippen molar-refractivity contribution in [3.05, 3.63) is 82.4 Å². The van der Waals surface area contributed by atoms with Crippen LogP contribution in [0.5, 0.6) is 0 Å². The van der Waals surface area contributed by atoms with E-state index >= 15 is 0 Å². The summed E-state index contributed by atoms with van der Waals surface area (Å²) >= 11 is 5.42. The lowest BCUT2D eigenvalue weighted by Crippen LogP contribution is -2.28. The molecule has 2 aromatic carbocycles. The summed E-state index contributed by atoms with van der Waals surface area (Å²) in [5.41, 5.74) is 5.59. The van der Waals surface area contributed by atoms with E-state index in [1.165, 1.54) is 11.6 Å². The van der Waals surface area contributed by atoms with Gasteiger partial charge < -0.3 is 10.6 Å². The zero-order valence-corrected chi connectivity index (χ0v) is 16.5. The minimum atomic E-state index is -0.227. The summed E-state index contributed by atoms with van der Waals surface area (Å²) in [4.78, 5) is 0. The highest BCUT2D eigenvalue weighted by molar-refractivity contribution is 7.80. The van der Waals surface area contributed by atoms with Gasteiger partial charge >= 0.3 is 0 Å². The molecule has 0 bridgehead atoms. The highest BCUT2D eigenvalue weighted by atomic mass is 32.1. The summed E-state index contributed by atoms with van der Waals surface area (Å²) in [5, 5.41) is 11.5. The molecule has 4 nitrogen and oxygen atoms in total. The Bertz CT molecular complexity index is 947. The molecule has 0 atom stereocenters. The molecule has 1 heterocycles. The van der Waals surface area contributed by atoms with E-state index < -0.39 is 0 Å². The highest BCUT2D eigenvalue weighted by Gasteiger charge is 2.14. The minimum Gasteiger partial charge on any atom is -0.358 e. The number of benzene rings is 2. The number of hydrogen-bond donors (Lipinski definition) is 2. The van der Waals surface area contributed by atoms with Crippen molar-refractivity contribution in [1.82, 2.24) is 15.1 Å². The van der Waals surface area contributed by atoms with Crippen molar-refractivity contribution in [1.29, 1.82) is 0 Å². The molecule has 2 N–H and O–H groups in total. The Balaban J connectivity index is 1.66. The van der Waals surface area contributed by atoms with Gasteiger partial charge in [0.15, 0.2) is 5.11 Å². The molecule has 140 valence electrons. The third-order valence-corrected chi connectivity index (χ3v) is 4.72. The Morgan fingerprint density at radius 3 is 2.48 bits per heavy atom. The number of nitrogens with zero attached hydrogens (tertiary/aromatic N) is 2. The summed E-state index contributed by atoms with van der Waals surface area (Å²) in [5.74, 6) is -0.227. The summed E-state index contributed by atoms with van der Waals surface area (Å²) in [7, 11) is 0. The van der Waals surface area contributed by atoms with Crippen molar-refractivity contribution in [3.8, 4) is 0 Å². The van der Waals surface area contributed by atoms with Gasteiger partial charge in [-0.1, -0.05) is 48.0 Å². The second-order valence-electron chi connectivity index (χ2n) is 6.59. The van der Waals surface area contributed by atoms with E-state index in [1.54, 1.807) is 16.8 Å². The Hall–Kier alpha value is -2.73. The van der Waals surface area contributed by atoms with Crippen LogP contribution in [0.25, 0.3) is 0 Å². The van der Waals surface area contributed by atoms with Crippen LogP contribution in [-0.2, 0) is 13.1 Å². The van der Waals surface area contributed by atoms with Gasteiger partial charge in [0.25, 0.3) is 0 Å². The quantitative estimate of drug-likeness (QED) is 0.639. The summed E-state index contributed by atoms with van der Waals surface area (Å²) in [6, 6.07) is 15.1. The number of anilines is 1. The predicted molar refractivity (Wildman–Crippen MR) is 111 cm³/mol. The average molecular weight is 383 g/mol. The smallest absolute Gasteiger partial charge is 0.171 e. The maximum atomic E-state index is 13.9. The summed E-state index contributed by atoms with van der Waals surface area (Å²) in [6.07, 6.45) is 0. The second kappa shape index (κ2) is 8.31. The molecule has 0 fully saturated rings. The van der Waals surface area contributed by atoms with Gasteiger partial charge in [0.1, 0.15) is 5.82 Å². The number of aryl methyl sites for hydroxylation is 2. The molecule has 0 unspecified atom stereocenters. The fraction of sp³-hybridized carbons (Fsp3) is 0.238. The summed E-state index contributed by atoms with van der Waals surface area (Å²) < 4.78 is 15.7. The fourth-order valence-corrected chi connectivity index (χ4v) is 3.04. The van der Waals surface area contributed by atoms with E-state index in [4.69, 9.17) is 12.2 Å². The first-order chi connectivity index (χ1) is 12.9. The maximum absolute atomic E-state index is 13.9. The van der Waals surface area contributed by atoms with Crippen molar-refractivity contribution in [3.63, 3.8) is 0 Å². The molecule has 0 saturated heterocycles. The zero-order valence-electron chi connectivity index (χ0n) is 15.7. The number of rotatable bonds is 5. The van der Waals surface area contributed by atoms with Crippen molar-refractivity contribution < 1.29 is 4.39 Å². The molecule has 0 amide bonds. The van der Waals surface area contributed by atoms with Crippen LogP contribution in [0.3, 0.4) is 0 Å². The third kappa shape index (κ3) is 4.71. The van der Waals surface area contributed by atoms with Crippen LogP contribution < -0.4 is 10.6 Å². The molecular formula is C21H23FN4S. The van der Waals surface area contributed by atoms with Crippen LogP contribution >= 0.6 is 12.2 Å². The maximum Gasteiger partial charge on any atom is 0.171 e. The van der Waals surface area contributed by atoms with E-state index in [-0.39, 0.29) is 5.82 Å². The van der Waals surface area contributed by atoms with Crippen molar-refractivity contribution in [2.24, 2.45) is 0 Å². The number of thiocarbonyl (C=S) groups is 1. The second-order valence-corrected chi connectivity index (χ2v) is 7.00. The van der Waals surface area contributed by atoms with Gasteiger partial charge in [-0.15, -0.1) is 0 Å². The van der Waals surface area contributed by atoms with Crippen LogP contribution in [0.4, 0.5) is 10.1 Å². The first kappa shape index (κ1) is 19.0. The lowest BCUT2D eigenvalue weighted by Gasteiger charge is -2.11. The minimum absolute atomic E-state index is 0.227. The standard InChI is InChI=1S/C21H23FN4S/c1-14-8-10-17(11-9-14)12-23-21(27)24-20-15(2)25-26(16(20)3)13-18-6-4-5-7-19(18)22/h4-11H,12-13H2,1-3H3,(H2,23,24,27). The molecule has 0 spiro atoms. The molecule has 0 aliphatic heterocycles. The molecule has 0 saturated carbocycles. The first-order valence-electron chi connectivity index (χ1n) is 8.82. The van der Waals surface area contributed by atoms with Crippen molar-refractivity contribution in [2.45, 2.75) is 33.9 Å². The van der Waals surface area contributed by atoms with Gasteiger partial charge in [-0.25, -0.2) is 4.39 Å². The van der Waals surface area contributed by atoms with E-state index in [2.05, 4.69) is 46.9 Å². The lowest BCUT2D eigenvalue weighted by molar-refractivity contribution is 0.579. The van der Waals surface area contributed by atoms with E-state index in [0.29, 0.717) is 23.8 Å². The van der Waals surface area contributed by atoms with Crippen molar-refractivity contribution >= 4 is 23.0 Å². The topological polar surface area (TPSA) is 41.9 Å². The SMILES string of the molecule is Cc1ccc(CNC(=S)Nc2c(C)nn(Cc3ccccc3F)c2C)cc1. The molecule has 0 aliphatic carbocycles. The molecule has 0 radical (unpaired) electrons. The Kier molecular flexibility index (Phi) is 5.86. The third-order valence-electron chi connectivity index (χ3n) is 4.47. The molecule has 27 heavy (non-hydrogen) atoms. The summed E-state index contributed by atoms with van der Waals surface area (Å²) in [6.45, 7) is 6.95. The first-order valence-corrected chi connectivity index (χ1v) is 9.22. The van der Waals surface area contributed by atoms with E-state index in [1.807, 2.05) is 19.9 Å². The van der Waals surface area contributed by atoms with Gasteiger partial charge in [-0.2, -0.15) is 5.10 Å². The largest absolute Gasteiger partial charge is 0.358 e. The van der Waals surface area contributed by atoms with Crippen LogP contribution in [0, 0.1) is 26.6 Å². The number of aromatic nitrogens is 2. The van der Waals surface area contributed by atoms with Crippen LogP contribution in [0.2, 0.25) is 0 Å². The van der Waals surface area contributed by atoms with Gasteiger partial charge in [-0.3, -0.25) is 4.68 Å². The van der Waals surface area contributed by atoms with Crippen molar-refractivity contribution in [2.75, 3.05) is 5.32 Å². The fourth-order valence-electron chi connectivity index (χ4n) is 2.87. The van der Waals surface area contributed by atoms with Gasteiger partial charge in [-0.05, 0) is 44.6 Å². The van der Waals surface area contributed by atoms with Crippen LogP contribution in [0.15, 0.2) is 48.5 Å². The normalized spacial score (nSPS) is 10.7. The highest BCUT2D eigenvalue weighted by Crippen LogP contribution is 2.21. The molecule has 3 aromatic rings. The van der Waals surface area contributed by atoms with Gasteiger partial charge in [0.05, 0.1) is 23.6 Å². The Morgan fingerprint density at radius 2 is 1.78 bits per heavy atom. The molecule has 1 aromatic heterocycles. The Labute approximate surface area is 164 Å². The predicted octanol–water partition coefficient (Wildman–Crippen LogP) is 4.48. The zero-order chi connectivity index (χ0) is 19.4. The molecular weight excluding hydrogens is 359 g/mol. The van der Waals surface area contributed by atoms with E-state index in [0.717, 1.165) is 22.6 Å². The number of hydrogen-bond acceptors (Lipinski definition) is 2. The molecule has 0 aliphatic rings. The molecule has 6 heteroatoms. The van der Waals surface area contributed by atoms with E-state index in [9.17, 15) is 4.39 Å². The monoisotopic (exact) mass is 382 g/mol. The van der Waals surface area contributed by atoms with Gasteiger partial charge in [0.2, 0.25) is 0 Å². The lowest BCUT2D eigenvalue weighted by atomic mass is 10.1. The van der Waals surface area contributed by atoms with Crippen LogP contribution in [-0.4, -0.2) is 14.9 Å². The van der Waals surface area contributed by atoms with Crippen LogP contribution in [0.1, 0.15) is 28.1 Å². The molecule has 3 rings (SSSR count). The Morgan fingerprint density at radius 1 is 1.07 bits per heavy atom. The average Bonchev–Trinajstić information content (AvgIpc) is 2.90. The van der Waals surface area contributed by atoms with Gasteiger partial charge in [0, 0.05) is 12.1 Å². The number of halogens is 1. The number of nitrogens with one attached hydrogen (secondary N) is 2.